The van der Waals surface area contributed by atoms with Gasteiger partial charge in [0, 0.05) is 0 Å². The van der Waals surface area contributed by atoms with Crippen molar-refractivity contribution in [2.75, 3.05) is 13.2 Å². The summed E-state index contributed by atoms with van der Waals surface area (Å²) < 4.78 is 35.5. The SMILES string of the molecule is O=[N+]([O-])c1cc(OCC2CO2)ccc1S(=O)(=O)c1ccccc1. The Morgan fingerprint density at radius 2 is 1.91 bits per heavy atom. The number of sulfone groups is 1. The van der Waals surface area contributed by atoms with E-state index in [1.807, 2.05) is 0 Å². The maximum Gasteiger partial charge on any atom is 0.292 e. The predicted octanol–water partition coefficient (Wildman–Crippen LogP) is 2.21. The van der Waals surface area contributed by atoms with Crippen molar-refractivity contribution >= 4 is 15.5 Å². The van der Waals surface area contributed by atoms with Gasteiger partial charge in [-0.05, 0) is 24.3 Å². The Morgan fingerprint density at radius 1 is 1.22 bits per heavy atom. The number of nitro groups is 1. The van der Waals surface area contributed by atoms with Crippen molar-refractivity contribution in [1.82, 2.24) is 0 Å². The summed E-state index contributed by atoms with van der Waals surface area (Å²) in [6.45, 7) is 0.879. The number of rotatable bonds is 6. The molecule has 1 fully saturated rings. The Kier molecular flexibility index (Phi) is 4.01. The van der Waals surface area contributed by atoms with Crippen LogP contribution in [0.15, 0.2) is 58.3 Å². The zero-order chi connectivity index (χ0) is 16.4. The van der Waals surface area contributed by atoms with E-state index in [0.717, 1.165) is 6.07 Å². The van der Waals surface area contributed by atoms with Gasteiger partial charge in [-0.25, -0.2) is 8.42 Å². The molecule has 1 atom stereocenters. The maximum atomic E-state index is 12.6. The molecule has 0 aromatic heterocycles. The molecule has 23 heavy (non-hydrogen) atoms. The summed E-state index contributed by atoms with van der Waals surface area (Å²) in [6, 6.07) is 11.3. The van der Waals surface area contributed by atoms with Gasteiger partial charge in [0.25, 0.3) is 5.69 Å². The first kappa shape index (κ1) is 15.4. The molecule has 0 N–H and O–H groups in total. The fourth-order valence-electron chi connectivity index (χ4n) is 2.04. The molecule has 1 aliphatic heterocycles. The molecule has 0 aliphatic carbocycles. The van der Waals surface area contributed by atoms with E-state index in [1.165, 1.54) is 24.3 Å². The number of nitro benzene ring substituents is 1. The van der Waals surface area contributed by atoms with Gasteiger partial charge in [0.1, 0.15) is 23.4 Å². The highest BCUT2D eigenvalue weighted by Gasteiger charge is 2.29. The fraction of sp³-hybridized carbons (Fsp3) is 0.200. The van der Waals surface area contributed by atoms with Gasteiger partial charge in [-0.1, -0.05) is 18.2 Å². The van der Waals surface area contributed by atoms with Crippen molar-refractivity contribution in [3.05, 3.63) is 58.6 Å². The van der Waals surface area contributed by atoms with E-state index in [2.05, 4.69) is 0 Å². The highest BCUT2D eigenvalue weighted by Crippen LogP contribution is 2.32. The van der Waals surface area contributed by atoms with Crippen molar-refractivity contribution in [1.29, 1.82) is 0 Å². The summed E-state index contributed by atoms with van der Waals surface area (Å²) in [7, 11) is -3.97. The molecule has 0 saturated carbocycles. The van der Waals surface area contributed by atoms with Gasteiger partial charge >= 0.3 is 0 Å². The smallest absolute Gasteiger partial charge is 0.292 e. The molecule has 0 amide bonds. The largest absolute Gasteiger partial charge is 0.491 e. The van der Waals surface area contributed by atoms with Gasteiger partial charge in [0.05, 0.1) is 22.5 Å². The second-order valence-corrected chi connectivity index (χ2v) is 6.89. The highest BCUT2D eigenvalue weighted by molar-refractivity contribution is 7.91. The van der Waals surface area contributed by atoms with E-state index in [1.54, 1.807) is 18.2 Å². The molecule has 2 aromatic rings. The molecule has 1 aliphatic rings. The molecule has 3 rings (SSSR count). The number of epoxide rings is 1. The van der Waals surface area contributed by atoms with Gasteiger partial charge in [-0.3, -0.25) is 10.1 Å². The third-order valence-electron chi connectivity index (χ3n) is 3.31. The lowest BCUT2D eigenvalue weighted by molar-refractivity contribution is -0.387. The Morgan fingerprint density at radius 3 is 2.52 bits per heavy atom. The van der Waals surface area contributed by atoms with Crippen LogP contribution in [-0.4, -0.2) is 32.7 Å². The van der Waals surface area contributed by atoms with Crippen LogP contribution < -0.4 is 4.74 Å². The third-order valence-corrected chi connectivity index (χ3v) is 5.13. The van der Waals surface area contributed by atoms with Gasteiger partial charge in [-0.15, -0.1) is 0 Å². The lowest BCUT2D eigenvalue weighted by Crippen LogP contribution is -2.08. The number of hydrogen-bond acceptors (Lipinski definition) is 6. The van der Waals surface area contributed by atoms with Crippen LogP contribution in [-0.2, 0) is 14.6 Å². The number of ether oxygens (including phenoxy) is 2. The summed E-state index contributed by atoms with van der Waals surface area (Å²) in [5, 5.41) is 11.3. The molecule has 0 radical (unpaired) electrons. The first-order chi connectivity index (χ1) is 11.0. The minimum Gasteiger partial charge on any atom is -0.491 e. The van der Waals surface area contributed by atoms with E-state index >= 15 is 0 Å². The van der Waals surface area contributed by atoms with E-state index in [0.29, 0.717) is 6.61 Å². The summed E-state index contributed by atoms with van der Waals surface area (Å²) in [6.07, 6.45) is 0.00165. The second kappa shape index (κ2) is 5.98. The van der Waals surface area contributed by atoms with Gasteiger partial charge in [0.2, 0.25) is 9.84 Å². The first-order valence-corrected chi connectivity index (χ1v) is 8.30. The molecule has 8 heteroatoms. The Hall–Kier alpha value is -2.45. The molecular formula is C15H13NO6S. The number of hydrogen-bond donors (Lipinski definition) is 0. The molecule has 7 nitrogen and oxygen atoms in total. The number of nitrogens with zero attached hydrogens (tertiary/aromatic N) is 1. The van der Waals surface area contributed by atoms with Crippen molar-refractivity contribution in [3.63, 3.8) is 0 Å². The predicted molar refractivity (Wildman–Crippen MR) is 80.2 cm³/mol. The van der Waals surface area contributed by atoms with Crippen molar-refractivity contribution in [2.45, 2.75) is 15.9 Å². The van der Waals surface area contributed by atoms with E-state index in [4.69, 9.17) is 9.47 Å². The van der Waals surface area contributed by atoms with Gasteiger partial charge < -0.3 is 9.47 Å². The third kappa shape index (κ3) is 3.33. The van der Waals surface area contributed by atoms with Crippen molar-refractivity contribution in [3.8, 4) is 5.75 Å². The van der Waals surface area contributed by atoms with Crippen molar-refractivity contribution < 1.29 is 22.8 Å². The van der Waals surface area contributed by atoms with Crippen LogP contribution in [0.4, 0.5) is 5.69 Å². The monoisotopic (exact) mass is 335 g/mol. The minimum atomic E-state index is -3.97. The van der Waals surface area contributed by atoms with Crippen LogP contribution in [0.5, 0.6) is 5.75 Å². The lowest BCUT2D eigenvalue weighted by Gasteiger charge is -2.08. The summed E-state index contributed by atoms with van der Waals surface area (Å²) in [5.74, 6) is 0.235. The standard InChI is InChI=1S/C15H13NO6S/c17-16(18)14-8-11(21-9-12-10-22-12)6-7-15(14)23(19,20)13-4-2-1-3-5-13/h1-8,12H,9-10H2. The summed E-state index contributed by atoms with van der Waals surface area (Å²) in [5.41, 5.74) is -0.511. The molecule has 1 saturated heterocycles. The zero-order valence-corrected chi connectivity index (χ0v) is 12.7. The highest BCUT2D eigenvalue weighted by atomic mass is 32.2. The van der Waals surface area contributed by atoms with Gasteiger partial charge in [0.15, 0.2) is 0 Å². The normalized spacial score (nSPS) is 16.8. The molecule has 1 heterocycles. The van der Waals surface area contributed by atoms with Gasteiger partial charge in [-0.2, -0.15) is 0 Å². The lowest BCUT2D eigenvalue weighted by atomic mass is 10.3. The Balaban J connectivity index is 1.99. The fourth-order valence-corrected chi connectivity index (χ4v) is 3.46. The van der Waals surface area contributed by atoms with Crippen LogP contribution in [0.3, 0.4) is 0 Å². The molecule has 2 aromatic carbocycles. The van der Waals surface area contributed by atoms with Crippen molar-refractivity contribution in [2.24, 2.45) is 0 Å². The minimum absolute atomic E-state index is 0.00165. The zero-order valence-electron chi connectivity index (χ0n) is 11.9. The number of benzene rings is 2. The summed E-state index contributed by atoms with van der Waals surface area (Å²) in [4.78, 5) is 10.2. The molecule has 120 valence electrons. The van der Waals surface area contributed by atoms with E-state index in [-0.39, 0.29) is 28.3 Å². The molecule has 0 spiro atoms. The van der Waals surface area contributed by atoms with E-state index in [9.17, 15) is 18.5 Å². The van der Waals surface area contributed by atoms with Crippen LogP contribution in [0.1, 0.15) is 0 Å². The molecule has 0 bridgehead atoms. The van der Waals surface area contributed by atoms with E-state index < -0.39 is 20.4 Å². The molecule has 1 unspecified atom stereocenters. The van der Waals surface area contributed by atoms with Crippen LogP contribution in [0.2, 0.25) is 0 Å². The Labute approximate surface area is 132 Å². The first-order valence-electron chi connectivity index (χ1n) is 6.81. The van der Waals surface area contributed by atoms with Crippen LogP contribution >= 0.6 is 0 Å². The Bertz CT molecular complexity index is 830. The average molecular weight is 335 g/mol. The summed E-state index contributed by atoms with van der Waals surface area (Å²) >= 11 is 0. The van der Waals surface area contributed by atoms with Crippen LogP contribution in [0, 0.1) is 10.1 Å². The second-order valence-electron chi connectivity index (χ2n) is 4.97. The average Bonchev–Trinajstić information content (AvgIpc) is 3.37. The van der Waals surface area contributed by atoms with Crippen LogP contribution in [0.25, 0.3) is 0 Å². The maximum absolute atomic E-state index is 12.6. The topological polar surface area (TPSA) is 99.0 Å². The quantitative estimate of drug-likeness (QED) is 0.456. The molecular weight excluding hydrogens is 322 g/mol.